The van der Waals surface area contributed by atoms with Crippen molar-refractivity contribution in [2.24, 2.45) is 0 Å². The Labute approximate surface area is 107 Å². The molecule has 0 saturated heterocycles. The minimum Gasteiger partial charge on any atom is -0.544 e. The predicted molar refractivity (Wildman–Crippen MR) is 78.4 cm³/mol. The van der Waals surface area contributed by atoms with Crippen molar-refractivity contribution in [2.45, 2.75) is 45.8 Å². The Kier molecular flexibility index (Phi) is 3.87. The van der Waals surface area contributed by atoms with Crippen LogP contribution < -0.4 is 4.43 Å². The van der Waals surface area contributed by atoms with Crippen molar-refractivity contribution in [3.05, 3.63) is 42.0 Å². The molecular formula is C15H24OSi. The van der Waals surface area contributed by atoms with E-state index in [0.717, 1.165) is 5.75 Å². The number of hydrogen-bond donors (Lipinski definition) is 0. The molecular weight excluding hydrogens is 224 g/mol. The molecule has 0 bridgehead atoms. The fourth-order valence-electron chi connectivity index (χ4n) is 1.68. The summed E-state index contributed by atoms with van der Waals surface area (Å²) in [5.41, 5.74) is 2.44. The lowest BCUT2D eigenvalue weighted by Gasteiger charge is -2.28. The number of rotatable bonds is 4. The molecule has 0 spiro atoms. The van der Waals surface area contributed by atoms with Gasteiger partial charge in [-0.05, 0) is 32.6 Å². The smallest absolute Gasteiger partial charge is 0.242 e. The van der Waals surface area contributed by atoms with Gasteiger partial charge in [-0.2, -0.15) is 0 Å². The Morgan fingerprint density at radius 3 is 2.29 bits per heavy atom. The van der Waals surface area contributed by atoms with Crippen LogP contribution in [0, 0.1) is 6.92 Å². The van der Waals surface area contributed by atoms with Crippen LogP contribution in [0.3, 0.4) is 0 Å². The molecule has 0 unspecified atom stereocenters. The molecule has 0 saturated carbocycles. The highest BCUT2D eigenvalue weighted by Crippen LogP contribution is 2.34. The molecule has 0 radical (unpaired) electrons. The van der Waals surface area contributed by atoms with E-state index in [2.05, 4.69) is 65.2 Å². The molecule has 0 fully saturated rings. The van der Waals surface area contributed by atoms with Crippen LogP contribution in [0.5, 0.6) is 5.75 Å². The van der Waals surface area contributed by atoms with E-state index in [-0.39, 0.29) is 5.41 Å². The average molecular weight is 248 g/mol. The molecule has 0 amide bonds. The van der Waals surface area contributed by atoms with Gasteiger partial charge in [-0.15, -0.1) is 6.58 Å². The summed E-state index contributed by atoms with van der Waals surface area (Å²) < 4.78 is 6.17. The summed E-state index contributed by atoms with van der Waals surface area (Å²) >= 11 is 0. The van der Waals surface area contributed by atoms with E-state index in [1.165, 1.54) is 11.1 Å². The third kappa shape index (κ3) is 3.74. The van der Waals surface area contributed by atoms with Gasteiger partial charge in [-0.1, -0.05) is 37.6 Å². The molecule has 1 nitrogen and oxygen atoms in total. The van der Waals surface area contributed by atoms with Crippen molar-refractivity contribution in [2.75, 3.05) is 0 Å². The Morgan fingerprint density at radius 2 is 1.82 bits per heavy atom. The molecule has 1 rings (SSSR count). The van der Waals surface area contributed by atoms with Crippen LogP contribution in [0.2, 0.25) is 19.6 Å². The predicted octanol–water partition coefficient (Wildman–Crippen LogP) is 4.67. The lowest BCUT2D eigenvalue weighted by Crippen LogP contribution is -2.31. The molecule has 0 aliphatic heterocycles. The maximum atomic E-state index is 6.17. The van der Waals surface area contributed by atoms with Gasteiger partial charge in [0.05, 0.1) is 0 Å². The number of hydrogen-bond acceptors (Lipinski definition) is 1. The molecule has 0 aliphatic rings. The van der Waals surface area contributed by atoms with Gasteiger partial charge in [0.25, 0.3) is 0 Å². The summed E-state index contributed by atoms with van der Waals surface area (Å²) in [4.78, 5) is 0. The first-order chi connectivity index (χ1) is 7.65. The largest absolute Gasteiger partial charge is 0.544 e. The van der Waals surface area contributed by atoms with Crippen molar-refractivity contribution < 1.29 is 4.43 Å². The summed E-state index contributed by atoms with van der Waals surface area (Å²) in [5.74, 6) is 1.01. The topological polar surface area (TPSA) is 9.23 Å². The first-order valence-electron chi connectivity index (χ1n) is 6.09. The second-order valence-corrected chi connectivity index (χ2v) is 10.6. The molecule has 0 aliphatic carbocycles. The lowest BCUT2D eigenvalue weighted by atomic mass is 9.83. The average Bonchev–Trinajstić information content (AvgIpc) is 2.18. The number of benzene rings is 1. The van der Waals surface area contributed by atoms with E-state index in [9.17, 15) is 0 Å². The highest BCUT2D eigenvalue weighted by Gasteiger charge is 2.24. The summed E-state index contributed by atoms with van der Waals surface area (Å²) in [6, 6.07) is 6.41. The first-order valence-corrected chi connectivity index (χ1v) is 9.50. The van der Waals surface area contributed by atoms with E-state index in [4.69, 9.17) is 4.43 Å². The van der Waals surface area contributed by atoms with Crippen LogP contribution in [0.25, 0.3) is 0 Å². The Bertz CT molecular complexity index is 413. The van der Waals surface area contributed by atoms with E-state index >= 15 is 0 Å². The number of aryl methyl sites for hydroxylation is 1. The molecule has 17 heavy (non-hydrogen) atoms. The van der Waals surface area contributed by atoms with Crippen LogP contribution in [0.1, 0.15) is 25.0 Å². The van der Waals surface area contributed by atoms with Crippen LogP contribution in [-0.4, -0.2) is 8.32 Å². The molecule has 0 atom stereocenters. The van der Waals surface area contributed by atoms with Gasteiger partial charge in [0.15, 0.2) is 0 Å². The molecule has 1 aromatic rings. The van der Waals surface area contributed by atoms with E-state index in [1.54, 1.807) is 0 Å². The third-order valence-electron chi connectivity index (χ3n) is 2.76. The second-order valence-electron chi connectivity index (χ2n) is 6.14. The van der Waals surface area contributed by atoms with E-state index < -0.39 is 8.32 Å². The third-order valence-corrected chi connectivity index (χ3v) is 3.59. The Morgan fingerprint density at radius 1 is 1.24 bits per heavy atom. The summed E-state index contributed by atoms with van der Waals surface area (Å²) in [7, 11) is -1.57. The minimum atomic E-state index is -1.57. The maximum Gasteiger partial charge on any atom is 0.242 e. The summed E-state index contributed by atoms with van der Waals surface area (Å²) in [6.07, 6.45) is 1.98. The van der Waals surface area contributed by atoms with Crippen molar-refractivity contribution in [3.63, 3.8) is 0 Å². The zero-order valence-corrected chi connectivity index (χ0v) is 12.9. The molecule has 0 aromatic heterocycles. The van der Waals surface area contributed by atoms with Gasteiger partial charge in [0, 0.05) is 11.0 Å². The van der Waals surface area contributed by atoms with Crippen molar-refractivity contribution in [1.29, 1.82) is 0 Å². The maximum absolute atomic E-state index is 6.17. The van der Waals surface area contributed by atoms with Gasteiger partial charge in [-0.3, -0.25) is 0 Å². The van der Waals surface area contributed by atoms with Gasteiger partial charge >= 0.3 is 0 Å². The fraction of sp³-hybridized carbons (Fsp3) is 0.467. The monoisotopic (exact) mass is 248 g/mol. The lowest BCUT2D eigenvalue weighted by molar-refractivity contribution is 0.527. The molecule has 2 heteroatoms. The van der Waals surface area contributed by atoms with Crippen LogP contribution in [0.15, 0.2) is 30.9 Å². The van der Waals surface area contributed by atoms with Gasteiger partial charge in [-0.25, -0.2) is 0 Å². The standard InChI is InChI=1S/C15H24OSi/c1-8-15(3,4)13-11-12(2)9-10-14(13)16-17(5,6)7/h8-11H,1H2,2-7H3. The highest BCUT2D eigenvalue weighted by molar-refractivity contribution is 6.70. The summed E-state index contributed by atoms with van der Waals surface area (Å²) in [6.45, 7) is 17.0. The molecule has 0 heterocycles. The summed E-state index contributed by atoms with van der Waals surface area (Å²) in [5, 5.41) is 0. The minimum absolute atomic E-state index is 0.0546. The SMILES string of the molecule is C=CC(C)(C)c1cc(C)ccc1O[Si](C)(C)C. The normalized spacial score (nSPS) is 12.4. The number of allylic oxidation sites excluding steroid dienone is 1. The molecule has 0 N–H and O–H groups in total. The zero-order chi connectivity index (χ0) is 13.3. The van der Waals surface area contributed by atoms with Gasteiger partial charge < -0.3 is 4.43 Å². The van der Waals surface area contributed by atoms with Crippen LogP contribution >= 0.6 is 0 Å². The highest BCUT2D eigenvalue weighted by atomic mass is 28.4. The van der Waals surface area contributed by atoms with Crippen molar-refractivity contribution in [3.8, 4) is 5.75 Å². The zero-order valence-electron chi connectivity index (χ0n) is 11.9. The van der Waals surface area contributed by atoms with E-state index in [1.807, 2.05) is 6.08 Å². The van der Waals surface area contributed by atoms with Gasteiger partial charge in [0.1, 0.15) is 5.75 Å². The van der Waals surface area contributed by atoms with E-state index in [0.29, 0.717) is 0 Å². The molecule has 1 aromatic carbocycles. The van der Waals surface area contributed by atoms with Crippen molar-refractivity contribution >= 4 is 8.32 Å². The fourth-order valence-corrected chi connectivity index (χ4v) is 2.51. The second kappa shape index (κ2) is 4.69. The van der Waals surface area contributed by atoms with Crippen LogP contribution in [0.4, 0.5) is 0 Å². The van der Waals surface area contributed by atoms with Crippen LogP contribution in [-0.2, 0) is 5.41 Å². The Balaban J connectivity index is 3.27. The quantitative estimate of drug-likeness (QED) is 0.555. The first kappa shape index (κ1) is 14.0. The van der Waals surface area contributed by atoms with Gasteiger partial charge in [0.2, 0.25) is 8.32 Å². The van der Waals surface area contributed by atoms with Crippen molar-refractivity contribution in [1.82, 2.24) is 0 Å². The molecule has 94 valence electrons. The Hall–Kier alpha value is -1.02.